The van der Waals surface area contributed by atoms with Gasteiger partial charge in [0.2, 0.25) is 0 Å². The molecule has 1 fully saturated rings. The number of nitrogens with zero attached hydrogens (tertiary/aromatic N) is 1. The van der Waals surface area contributed by atoms with Crippen molar-refractivity contribution in [3.05, 3.63) is 16.7 Å². The van der Waals surface area contributed by atoms with Gasteiger partial charge in [0.15, 0.2) is 4.77 Å². The van der Waals surface area contributed by atoms with E-state index >= 15 is 0 Å². The molecule has 1 aromatic heterocycles. The SMILES string of the molecule is CC(C)(C)c1c[nH]c(=S)n1CC1CCCO1. The third-order valence-electron chi connectivity index (χ3n) is 3.05. The predicted molar refractivity (Wildman–Crippen MR) is 67.3 cm³/mol. The monoisotopic (exact) mass is 240 g/mol. The molecule has 1 atom stereocenters. The van der Waals surface area contributed by atoms with Crippen molar-refractivity contribution in [1.29, 1.82) is 0 Å². The lowest BCUT2D eigenvalue weighted by Gasteiger charge is -2.22. The molecule has 0 radical (unpaired) electrons. The summed E-state index contributed by atoms with van der Waals surface area (Å²) in [5.74, 6) is 0. The summed E-state index contributed by atoms with van der Waals surface area (Å²) in [6.07, 6.45) is 4.68. The molecule has 90 valence electrons. The highest BCUT2D eigenvalue weighted by molar-refractivity contribution is 7.71. The molecule has 4 heteroatoms. The van der Waals surface area contributed by atoms with Gasteiger partial charge in [0.05, 0.1) is 12.6 Å². The fraction of sp³-hybridized carbons (Fsp3) is 0.750. The molecular formula is C12H20N2OS. The van der Waals surface area contributed by atoms with Crippen molar-refractivity contribution in [3.8, 4) is 0 Å². The first-order valence-corrected chi connectivity index (χ1v) is 6.29. The Labute approximate surface area is 102 Å². The van der Waals surface area contributed by atoms with Gasteiger partial charge in [0.1, 0.15) is 0 Å². The zero-order valence-electron chi connectivity index (χ0n) is 10.2. The van der Waals surface area contributed by atoms with Gasteiger partial charge in [0.25, 0.3) is 0 Å². The smallest absolute Gasteiger partial charge is 0.177 e. The molecule has 0 aliphatic carbocycles. The van der Waals surface area contributed by atoms with Crippen LogP contribution >= 0.6 is 12.2 Å². The van der Waals surface area contributed by atoms with Crippen LogP contribution in [0.3, 0.4) is 0 Å². The molecule has 1 aliphatic heterocycles. The maximum Gasteiger partial charge on any atom is 0.177 e. The Morgan fingerprint density at radius 1 is 1.56 bits per heavy atom. The minimum atomic E-state index is 0.117. The van der Waals surface area contributed by atoms with E-state index in [0.717, 1.165) is 24.3 Å². The van der Waals surface area contributed by atoms with E-state index in [1.807, 2.05) is 6.20 Å². The molecule has 1 aliphatic rings. The van der Waals surface area contributed by atoms with E-state index in [-0.39, 0.29) is 5.41 Å². The molecule has 3 nitrogen and oxygen atoms in total. The Morgan fingerprint density at radius 3 is 2.88 bits per heavy atom. The number of H-pyrrole nitrogens is 1. The summed E-state index contributed by atoms with van der Waals surface area (Å²) in [6, 6.07) is 0. The van der Waals surface area contributed by atoms with Gasteiger partial charge in [-0.05, 0) is 25.1 Å². The maximum atomic E-state index is 5.67. The Kier molecular flexibility index (Phi) is 3.22. The van der Waals surface area contributed by atoms with E-state index in [1.54, 1.807) is 0 Å². The molecule has 0 aromatic carbocycles. The Hall–Kier alpha value is -0.610. The third kappa shape index (κ3) is 2.38. The lowest BCUT2D eigenvalue weighted by Crippen LogP contribution is -2.22. The van der Waals surface area contributed by atoms with E-state index in [2.05, 4.69) is 30.3 Å². The molecule has 1 saturated heterocycles. The van der Waals surface area contributed by atoms with E-state index < -0.39 is 0 Å². The molecule has 0 amide bonds. The minimum Gasteiger partial charge on any atom is -0.376 e. The van der Waals surface area contributed by atoms with Crippen LogP contribution in [0.1, 0.15) is 39.3 Å². The van der Waals surface area contributed by atoms with Crippen molar-refractivity contribution in [2.45, 2.75) is 51.7 Å². The van der Waals surface area contributed by atoms with Crippen LogP contribution in [-0.2, 0) is 16.7 Å². The molecule has 16 heavy (non-hydrogen) atoms. The first-order chi connectivity index (χ1) is 7.48. The van der Waals surface area contributed by atoms with Gasteiger partial charge in [-0.25, -0.2) is 0 Å². The zero-order chi connectivity index (χ0) is 11.8. The number of imidazole rings is 1. The van der Waals surface area contributed by atoms with E-state index in [0.29, 0.717) is 6.10 Å². The average Bonchev–Trinajstić information content (AvgIpc) is 2.76. The van der Waals surface area contributed by atoms with Crippen LogP contribution in [0.25, 0.3) is 0 Å². The second-order valence-electron chi connectivity index (χ2n) is 5.47. The van der Waals surface area contributed by atoms with Gasteiger partial charge < -0.3 is 14.3 Å². The number of rotatable bonds is 2. The van der Waals surface area contributed by atoms with Crippen LogP contribution in [-0.4, -0.2) is 22.3 Å². The second kappa shape index (κ2) is 4.34. The van der Waals surface area contributed by atoms with Crippen LogP contribution in [0.4, 0.5) is 0 Å². The van der Waals surface area contributed by atoms with Crippen LogP contribution in [0.5, 0.6) is 0 Å². The lowest BCUT2D eigenvalue weighted by atomic mass is 9.92. The van der Waals surface area contributed by atoms with Crippen molar-refractivity contribution in [2.75, 3.05) is 6.61 Å². The summed E-state index contributed by atoms with van der Waals surface area (Å²) in [4.78, 5) is 3.14. The topological polar surface area (TPSA) is 29.9 Å². The molecule has 1 aromatic rings. The van der Waals surface area contributed by atoms with Gasteiger partial charge in [-0.1, -0.05) is 20.8 Å². The van der Waals surface area contributed by atoms with Gasteiger partial charge in [-0.2, -0.15) is 0 Å². The minimum absolute atomic E-state index is 0.117. The summed E-state index contributed by atoms with van der Waals surface area (Å²) in [5, 5.41) is 0. The van der Waals surface area contributed by atoms with Crippen molar-refractivity contribution in [1.82, 2.24) is 9.55 Å². The summed E-state index contributed by atoms with van der Waals surface area (Å²) < 4.78 is 8.66. The van der Waals surface area contributed by atoms with Gasteiger partial charge >= 0.3 is 0 Å². The molecular weight excluding hydrogens is 220 g/mol. The van der Waals surface area contributed by atoms with E-state index in [1.165, 1.54) is 12.1 Å². The largest absolute Gasteiger partial charge is 0.376 e. The van der Waals surface area contributed by atoms with Crippen LogP contribution in [0, 0.1) is 4.77 Å². The Morgan fingerprint density at radius 2 is 2.31 bits per heavy atom. The average molecular weight is 240 g/mol. The van der Waals surface area contributed by atoms with Crippen LogP contribution in [0.2, 0.25) is 0 Å². The fourth-order valence-electron chi connectivity index (χ4n) is 2.19. The standard InChI is InChI=1S/C12H20N2OS/c1-12(2,3)10-7-13-11(16)14(10)8-9-5-4-6-15-9/h7,9H,4-6,8H2,1-3H3,(H,13,16). The highest BCUT2D eigenvalue weighted by Crippen LogP contribution is 2.24. The first-order valence-electron chi connectivity index (χ1n) is 5.89. The third-order valence-corrected chi connectivity index (χ3v) is 3.39. The number of nitrogens with one attached hydrogen (secondary N) is 1. The van der Waals surface area contributed by atoms with Crippen LogP contribution < -0.4 is 0 Å². The summed E-state index contributed by atoms with van der Waals surface area (Å²) >= 11 is 5.33. The molecule has 2 heterocycles. The van der Waals surface area contributed by atoms with Gasteiger partial charge in [-0.15, -0.1) is 0 Å². The van der Waals surface area contributed by atoms with E-state index in [9.17, 15) is 0 Å². The van der Waals surface area contributed by atoms with E-state index in [4.69, 9.17) is 17.0 Å². The summed E-state index contributed by atoms with van der Waals surface area (Å²) in [7, 11) is 0. The Balaban J connectivity index is 2.25. The molecule has 1 unspecified atom stereocenters. The number of aromatic nitrogens is 2. The molecule has 0 saturated carbocycles. The lowest BCUT2D eigenvalue weighted by molar-refractivity contribution is 0.0954. The fourth-order valence-corrected chi connectivity index (χ4v) is 2.42. The number of aromatic amines is 1. The maximum absolute atomic E-state index is 5.67. The molecule has 0 bridgehead atoms. The van der Waals surface area contributed by atoms with Crippen molar-refractivity contribution in [2.24, 2.45) is 0 Å². The normalized spacial score (nSPS) is 21.6. The molecule has 0 spiro atoms. The predicted octanol–water partition coefficient (Wildman–Crippen LogP) is 3.02. The number of hydrogen-bond acceptors (Lipinski definition) is 2. The van der Waals surface area contributed by atoms with Gasteiger partial charge in [0, 0.05) is 23.9 Å². The molecule has 2 rings (SSSR count). The number of hydrogen-bond donors (Lipinski definition) is 1. The highest BCUT2D eigenvalue weighted by Gasteiger charge is 2.23. The van der Waals surface area contributed by atoms with Crippen molar-refractivity contribution in [3.63, 3.8) is 0 Å². The van der Waals surface area contributed by atoms with Crippen LogP contribution in [0.15, 0.2) is 6.20 Å². The second-order valence-corrected chi connectivity index (χ2v) is 5.86. The zero-order valence-corrected chi connectivity index (χ0v) is 11.1. The van der Waals surface area contributed by atoms with Crippen molar-refractivity contribution >= 4 is 12.2 Å². The highest BCUT2D eigenvalue weighted by atomic mass is 32.1. The summed E-state index contributed by atoms with van der Waals surface area (Å²) in [5.41, 5.74) is 1.37. The van der Waals surface area contributed by atoms with Crippen molar-refractivity contribution < 1.29 is 4.74 Å². The molecule has 1 N–H and O–H groups in total. The van der Waals surface area contributed by atoms with Gasteiger partial charge in [-0.3, -0.25) is 0 Å². The number of ether oxygens (including phenoxy) is 1. The Bertz CT molecular complexity index is 407. The first kappa shape index (κ1) is 11.9. The quantitative estimate of drug-likeness (QED) is 0.805. The summed E-state index contributed by atoms with van der Waals surface area (Å²) in [6.45, 7) is 8.40.